The van der Waals surface area contributed by atoms with E-state index in [1.165, 1.54) is 0 Å². The van der Waals surface area contributed by atoms with Crippen molar-refractivity contribution in [2.75, 3.05) is 6.61 Å². The normalized spacial score (nSPS) is 17.4. The molecule has 0 aromatic heterocycles. The Kier molecular flexibility index (Phi) is 11.4. The van der Waals surface area contributed by atoms with Gasteiger partial charge in [-0.05, 0) is 0 Å². The number of carboxylic acids is 1. The van der Waals surface area contributed by atoms with Gasteiger partial charge in [0.05, 0.1) is 13.0 Å². The van der Waals surface area contributed by atoms with Crippen molar-refractivity contribution in [1.82, 2.24) is 0 Å². The lowest BCUT2D eigenvalue weighted by Gasteiger charge is -2.22. The van der Waals surface area contributed by atoms with Crippen LogP contribution in [-0.4, -0.2) is 85.9 Å². The summed E-state index contributed by atoms with van der Waals surface area (Å²) in [7, 11) is 0. The molecule has 0 spiro atoms. The molecule has 21 heavy (non-hydrogen) atoms. The number of primary amides is 1. The molecule has 0 radical (unpaired) electrons. The highest BCUT2D eigenvalue weighted by atomic mass is 16.4. The molecule has 0 aliphatic rings. The summed E-state index contributed by atoms with van der Waals surface area (Å²) in [6.45, 7) is -0.760. The third-order valence-corrected chi connectivity index (χ3v) is 2.16. The van der Waals surface area contributed by atoms with Gasteiger partial charge in [0.1, 0.15) is 30.5 Å². The molecule has 0 bridgehead atoms. The average molecular weight is 312 g/mol. The molecule has 0 aliphatic carbocycles. The van der Waals surface area contributed by atoms with Gasteiger partial charge in [-0.2, -0.15) is 0 Å². The number of aliphatic hydroxyl groups excluding tert-OH is 5. The first-order chi connectivity index (χ1) is 9.58. The first kappa shape index (κ1) is 21.7. The maximum Gasteiger partial charge on any atom is 0.321 e. The summed E-state index contributed by atoms with van der Waals surface area (Å²) in [4.78, 5) is 29.8. The quantitative estimate of drug-likeness (QED) is 0.199. The van der Waals surface area contributed by atoms with E-state index in [0.29, 0.717) is 0 Å². The van der Waals surface area contributed by atoms with Gasteiger partial charge >= 0.3 is 5.97 Å². The molecule has 0 aromatic rings. The van der Waals surface area contributed by atoms with Crippen LogP contribution in [0.2, 0.25) is 0 Å². The van der Waals surface area contributed by atoms with E-state index in [4.69, 9.17) is 36.4 Å². The van der Waals surface area contributed by atoms with Crippen LogP contribution >= 0.6 is 0 Å². The van der Waals surface area contributed by atoms with Gasteiger partial charge in [0.15, 0.2) is 6.29 Å². The second kappa shape index (κ2) is 11.1. The number of amides is 1. The van der Waals surface area contributed by atoms with Crippen molar-refractivity contribution in [3.8, 4) is 0 Å². The summed E-state index contributed by atoms with van der Waals surface area (Å²) in [5.41, 5.74) is 9.57. The maximum atomic E-state index is 9.99. The second-order valence-corrected chi connectivity index (χ2v) is 3.97. The Morgan fingerprint density at radius 1 is 1.10 bits per heavy atom. The lowest BCUT2D eigenvalue weighted by atomic mass is 10.0. The molecule has 11 nitrogen and oxygen atoms in total. The molecule has 1 amide bonds. The minimum Gasteiger partial charge on any atom is -0.480 e. The van der Waals surface area contributed by atoms with Gasteiger partial charge in [-0.25, -0.2) is 0 Å². The molecule has 5 atom stereocenters. The molecule has 0 fully saturated rings. The number of aldehydes is 1. The molecule has 0 saturated carbocycles. The highest BCUT2D eigenvalue weighted by Gasteiger charge is 2.29. The van der Waals surface area contributed by atoms with Gasteiger partial charge in [-0.15, -0.1) is 0 Å². The zero-order valence-corrected chi connectivity index (χ0v) is 10.9. The third kappa shape index (κ3) is 9.84. The van der Waals surface area contributed by atoms with Crippen LogP contribution in [0, 0.1) is 0 Å². The van der Waals surface area contributed by atoms with Gasteiger partial charge in [0, 0.05) is 0 Å². The topological polar surface area (TPSA) is 225 Å². The van der Waals surface area contributed by atoms with E-state index in [1.54, 1.807) is 0 Å². The molecule has 0 aliphatic heterocycles. The second-order valence-electron chi connectivity index (χ2n) is 3.97. The molecule has 124 valence electrons. The summed E-state index contributed by atoms with van der Waals surface area (Å²) >= 11 is 0. The van der Waals surface area contributed by atoms with E-state index >= 15 is 0 Å². The standard InChI is InChI=1S/C6H12O6.C4H8N2O3/c7-1-3(9)5(11)6(12)4(10)2-8;5-2(4(8)9)1-3(6)7/h1,3-6,8-12H,2H2;2H,1,5H2,(H2,6,7)(H,8,9). The summed E-state index contributed by atoms with van der Waals surface area (Å²) in [6.07, 6.45) is -7.15. The molecule has 11 heteroatoms. The van der Waals surface area contributed by atoms with Crippen molar-refractivity contribution < 1.29 is 45.0 Å². The highest BCUT2D eigenvalue weighted by Crippen LogP contribution is 2.02. The number of carbonyl (C=O) groups excluding carboxylic acids is 2. The Balaban J connectivity index is 0. The van der Waals surface area contributed by atoms with Crippen LogP contribution in [0.4, 0.5) is 0 Å². The van der Waals surface area contributed by atoms with Crippen LogP contribution in [-0.2, 0) is 14.4 Å². The molecule has 5 unspecified atom stereocenters. The van der Waals surface area contributed by atoms with Gasteiger partial charge in [0.2, 0.25) is 5.91 Å². The number of aliphatic hydroxyl groups is 5. The van der Waals surface area contributed by atoms with Crippen LogP contribution in [0.25, 0.3) is 0 Å². The van der Waals surface area contributed by atoms with Crippen molar-refractivity contribution in [3.05, 3.63) is 0 Å². The average Bonchev–Trinajstić information content (AvgIpc) is 2.43. The van der Waals surface area contributed by atoms with Crippen molar-refractivity contribution in [3.63, 3.8) is 0 Å². The van der Waals surface area contributed by atoms with E-state index in [9.17, 15) is 14.4 Å². The Morgan fingerprint density at radius 3 is 1.81 bits per heavy atom. The summed E-state index contributed by atoms with van der Waals surface area (Å²) in [5.74, 6) is -1.92. The number of carbonyl (C=O) groups is 3. The minimum atomic E-state index is -1.79. The fraction of sp³-hybridized carbons (Fsp3) is 0.700. The first-order valence-electron chi connectivity index (χ1n) is 5.63. The van der Waals surface area contributed by atoms with Gasteiger partial charge < -0.3 is 46.9 Å². The molecular formula is C10H20N2O9. The zero-order chi connectivity index (χ0) is 17.2. The molecule has 10 N–H and O–H groups in total. The molecule has 0 aromatic carbocycles. The summed E-state index contributed by atoms with van der Waals surface area (Å²) < 4.78 is 0. The van der Waals surface area contributed by atoms with Crippen LogP contribution in [0.5, 0.6) is 0 Å². The Labute approximate surface area is 119 Å². The summed E-state index contributed by atoms with van der Waals surface area (Å²) in [6, 6.07) is -1.16. The monoisotopic (exact) mass is 312 g/mol. The maximum absolute atomic E-state index is 9.99. The first-order valence-corrected chi connectivity index (χ1v) is 5.63. The van der Waals surface area contributed by atoms with Gasteiger partial charge in [-0.3, -0.25) is 9.59 Å². The van der Waals surface area contributed by atoms with E-state index in [1.807, 2.05) is 0 Å². The number of hydrogen-bond donors (Lipinski definition) is 8. The van der Waals surface area contributed by atoms with Crippen molar-refractivity contribution in [2.24, 2.45) is 11.5 Å². The molecule has 0 rings (SSSR count). The smallest absolute Gasteiger partial charge is 0.321 e. The fourth-order valence-corrected chi connectivity index (χ4v) is 0.922. The van der Waals surface area contributed by atoms with Crippen LogP contribution in [0.15, 0.2) is 0 Å². The Morgan fingerprint density at radius 2 is 1.57 bits per heavy atom. The van der Waals surface area contributed by atoms with E-state index < -0.39 is 48.9 Å². The van der Waals surface area contributed by atoms with Crippen LogP contribution in [0.1, 0.15) is 6.42 Å². The van der Waals surface area contributed by atoms with Crippen molar-refractivity contribution >= 4 is 18.2 Å². The Hall–Kier alpha value is -1.63. The minimum absolute atomic E-state index is 0.0258. The highest BCUT2D eigenvalue weighted by molar-refractivity contribution is 5.83. The predicted octanol–water partition coefficient (Wildman–Crippen LogP) is -5.11. The van der Waals surface area contributed by atoms with Crippen molar-refractivity contribution in [2.45, 2.75) is 36.9 Å². The molecule has 0 heterocycles. The van der Waals surface area contributed by atoms with Crippen molar-refractivity contribution in [1.29, 1.82) is 0 Å². The molecule has 0 saturated heterocycles. The number of nitrogens with two attached hydrogens (primary N) is 2. The number of carboxylic acid groups (broad SMARTS) is 1. The van der Waals surface area contributed by atoms with E-state index in [-0.39, 0.29) is 12.7 Å². The predicted molar refractivity (Wildman–Crippen MR) is 66.6 cm³/mol. The third-order valence-electron chi connectivity index (χ3n) is 2.16. The number of hydrogen-bond acceptors (Lipinski definition) is 9. The van der Waals surface area contributed by atoms with E-state index in [0.717, 1.165) is 0 Å². The van der Waals surface area contributed by atoms with Gasteiger partial charge in [0.25, 0.3) is 0 Å². The van der Waals surface area contributed by atoms with Gasteiger partial charge in [-0.1, -0.05) is 0 Å². The fourth-order valence-electron chi connectivity index (χ4n) is 0.922. The molecular weight excluding hydrogens is 292 g/mol. The lowest BCUT2D eigenvalue weighted by molar-refractivity contribution is -0.140. The summed E-state index contributed by atoms with van der Waals surface area (Å²) in [5, 5.41) is 51.6. The van der Waals surface area contributed by atoms with E-state index in [2.05, 4.69) is 5.73 Å². The largest absolute Gasteiger partial charge is 0.480 e. The van der Waals surface area contributed by atoms with Crippen LogP contribution in [0.3, 0.4) is 0 Å². The SMILES string of the molecule is NC(=O)CC(N)C(=O)O.O=CC(O)C(O)C(O)C(O)CO. The number of rotatable bonds is 8. The lowest BCUT2D eigenvalue weighted by Crippen LogP contribution is -2.46. The Bertz CT molecular complexity index is 338. The van der Waals surface area contributed by atoms with Crippen LogP contribution < -0.4 is 11.5 Å². The number of aliphatic carboxylic acids is 1. The zero-order valence-electron chi connectivity index (χ0n) is 10.9.